The van der Waals surface area contributed by atoms with Crippen molar-refractivity contribution in [1.29, 1.82) is 0 Å². The molecule has 0 amide bonds. The van der Waals surface area contributed by atoms with E-state index < -0.39 is 5.97 Å². The molecule has 0 aromatic carbocycles. The standard InChI is InChI=1S/C13H12N2O4/c1-18-12-9(4-2-7-15-12)8-19-10-5-3-6-14-11(10)13(16)17/h2-7H,8H2,1H3,(H,16,17). The van der Waals surface area contributed by atoms with Crippen LogP contribution in [0.15, 0.2) is 36.7 Å². The van der Waals surface area contributed by atoms with Crippen LogP contribution < -0.4 is 9.47 Å². The Kier molecular flexibility index (Phi) is 3.92. The summed E-state index contributed by atoms with van der Waals surface area (Å²) in [6, 6.07) is 6.72. The third-order valence-corrected chi connectivity index (χ3v) is 2.40. The lowest BCUT2D eigenvalue weighted by atomic mass is 10.3. The average Bonchev–Trinajstić information content (AvgIpc) is 2.45. The number of aromatic carboxylic acids is 1. The Hall–Kier alpha value is -2.63. The van der Waals surface area contributed by atoms with Crippen LogP contribution in [0.5, 0.6) is 11.6 Å². The van der Waals surface area contributed by atoms with E-state index in [0.29, 0.717) is 5.88 Å². The first kappa shape index (κ1) is 12.8. The number of hydrogen-bond acceptors (Lipinski definition) is 5. The van der Waals surface area contributed by atoms with E-state index in [-0.39, 0.29) is 18.1 Å². The Balaban J connectivity index is 2.17. The molecule has 19 heavy (non-hydrogen) atoms. The third-order valence-electron chi connectivity index (χ3n) is 2.40. The van der Waals surface area contributed by atoms with Crippen molar-refractivity contribution in [1.82, 2.24) is 9.97 Å². The minimum atomic E-state index is -1.13. The highest BCUT2D eigenvalue weighted by molar-refractivity contribution is 5.88. The summed E-state index contributed by atoms with van der Waals surface area (Å²) < 4.78 is 10.6. The summed E-state index contributed by atoms with van der Waals surface area (Å²) in [6.07, 6.45) is 3.01. The molecule has 0 atom stereocenters. The van der Waals surface area contributed by atoms with Crippen LogP contribution in [-0.2, 0) is 6.61 Å². The minimum absolute atomic E-state index is 0.120. The summed E-state index contributed by atoms with van der Waals surface area (Å²) in [7, 11) is 1.51. The highest BCUT2D eigenvalue weighted by Crippen LogP contribution is 2.20. The molecule has 2 rings (SSSR count). The molecule has 0 unspecified atom stereocenters. The molecule has 0 bridgehead atoms. The molecule has 0 fully saturated rings. The van der Waals surface area contributed by atoms with E-state index in [1.165, 1.54) is 13.3 Å². The van der Waals surface area contributed by atoms with Crippen molar-refractivity contribution in [3.8, 4) is 11.6 Å². The molecule has 0 aliphatic carbocycles. The van der Waals surface area contributed by atoms with E-state index in [2.05, 4.69) is 9.97 Å². The molecule has 6 nitrogen and oxygen atoms in total. The summed E-state index contributed by atoms with van der Waals surface area (Å²) in [5.41, 5.74) is 0.607. The molecular formula is C13H12N2O4. The second-order valence-electron chi connectivity index (χ2n) is 3.62. The van der Waals surface area contributed by atoms with Crippen LogP contribution in [0.3, 0.4) is 0 Å². The van der Waals surface area contributed by atoms with E-state index in [1.807, 2.05) is 0 Å². The van der Waals surface area contributed by atoms with Crippen molar-refractivity contribution in [2.45, 2.75) is 6.61 Å². The van der Waals surface area contributed by atoms with Gasteiger partial charge in [0.25, 0.3) is 0 Å². The fourth-order valence-corrected chi connectivity index (χ4v) is 1.54. The van der Waals surface area contributed by atoms with E-state index in [4.69, 9.17) is 14.6 Å². The zero-order valence-corrected chi connectivity index (χ0v) is 10.2. The Labute approximate surface area is 109 Å². The zero-order valence-electron chi connectivity index (χ0n) is 10.2. The maximum Gasteiger partial charge on any atom is 0.358 e. The molecule has 2 aromatic heterocycles. The highest BCUT2D eigenvalue weighted by Gasteiger charge is 2.13. The number of rotatable bonds is 5. The lowest BCUT2D eigenvalue weighted by Crippen LogP contribution is -2.06. The molecule has 0 aliphatic heterocycles. The molecule has 1 N–H and O–H groups in total. The largest absolute Gasteiger partial charge is 0.486 e. The van der Waals surface area contributed by atoms with Crippen LogP contribution in [0, 0.1) is 0 Å². The number of hydrogen-bond donors (Lipinski definition) is 1. The first-order chi connectivity index (χ1) is 9.22. The molecule has 98 valence electrons. The molecule has 0 aliphatic rings. The van der Waals surface area contributed by atoms with Gasteiger partial charge in [-0.05, 0) is 24.3 Å². The van der Waals surface area contributed by atoms with Crippen LogP contribution in [-0.4, -0.2) is 28.2 Å². The van der Waals surface area contributed by atoms with Gasteiger partial charge in [-0.2, -0.15) is 0 Å². The lowest BCUT2D eigenvalue weighted by Gasteiger charge is -2.10. The average molecular weight is 260 g/mol. The molecular weight excluding hydrogens is 248 g/mol. The number of methoxy groups -OCH3 is 1. The number of ether oxygens (including phenoxy) is 2. The smallest absolute Gasteiger partial charge is 0.358 e. The number of carboxylic acids is 1. The summed E-state index contributed by atoms with van der Waals surface area (Å²) in [6.45, 7) is 0.156. The predicted octanol–water partition coefficient (Wildman–Crippen LogP) is 1.76. The van der Waals surface area contributed by atoms with Gasteiger partial charge in [0.1, 0.15) is 6.61 Å². The summed E-state index contributed by atoms with van der Waals surface area (Å²) in [4.78, 5) is 18.8. The number of carbonyl (C=O) groups is 1. The Morgan fingerprint density at radius 1 is 1.26 bits per heavy atom. The van der Waals surface area contributed by atoms with Crippen LogP contribution >= 0.6 is 0 Å². The van der Waals surface area contributed by atoms with Crippen LogP contribution in [0.25, 0.3) is 0 Å². The van der Waals surface area contributed by atoms with Gasteiger partial charge in [-0.3, -0.25) is 0 Å². The summed E-state index contributed by atoms with van der Waals surface area (Å²) in [5, 5.41) is 8.98. The highest BCUT2D eigenvalue weighted by atomic mass is 16.5. The first-order valence-electron chi connectivity index (χ1n) is 5.51. The fourth-order valence-electron chi connectivity index (χ4n) is 1.54. The van der Waals surface area contributed by atoms with Gasteiger partial charge < -0.3 is 14.6 Å². The van der Waals surface area contributed by atoms with E-state index >= 15 is 0 Å². The fraction of sp³-hybridized carbons (Fsp3) is 0.154. The number of pyridine rings is 2. The van der Waals surface area contributed by atoms with Crippen molar-refractivity contribution >= 4 is 5.97 Å². The van der Waals surface area contributed by atoms with Gasteiger partial charge in [-0.1, -0.05) is 0 Å². The normalized spacial score (nSPS) is 9.95. The maximum absolute atomic E-state index is 11.0. The topological polar surface area (TPSA) is 81.5 Å². The molecule has 0 saturated heterocycles. The van der Waals surface area contributed by atoms with Crippen molar-refractivity contribution < 1.29 is 19.4 Å². The maximum atomic E-state index is 11.0. The van der Waals surface area contributed by atoms with Crippen LogP contribution in [0.4, 0.5) is 0 Å². The monoisotopic (exact) mass is 260 g/mol. The van der Waals surface area contributed by atoms with Gasteiger partial charge in [-0.15, -0.1) is 0 Å². The van der Waals surface area contributed by atoms with Gasteiger partial charge in [0, 0.05) is 12.4 Å². The van der Waals surface area contributed by atoms with Crippen LogP contribution in [0.2, 0.25) is 0 Å². The summed E-state index contributed by atoms with van der Waals surface area (Å²) >= 11 is 0. The second-order valence-corrected chi connectivity index (χ2v) is 3.62. The van der Waals surface area contributed by atoms with E-state index in [9.17, 15) is 4.79 Å². The Morgan fingerprint density at radius 3 is 2.74 bits per heavy atom. The number of nitrogens with zero attached hydrogens (tertiary/aromatic N) is 2. The van der Waals surface area contributed by atoms with Gasteiger partial charge in [0.05, 0.1) is 12.7 Å². The van der Waals surface area contributed by atoms with Crippen molar-refractivity contribution in [2.24, 2.45) is 0 Å². The minimum Gasteiger partial charge on any atom is -0.486 e. The van der Waals surface area contributed by atoms with Crippen molar-refractivity contribution in [2.75, 3.05) is 7.11 Å². The van der Waals surface area contributed by atoms with Gasteiger partial charge in [0.2, 0.25) is 5.88 Å². The van der Waals surface area contributed by atoms with E-state index in [1.54, 1.807) is 30.5 Å². The predicted molar refractivity (Wildman–Crippen MR) is 66.3 cm³/mol. The van der Waals surface area contributed by atoms with Crippen molar-refractivity contribution in [3.05, 3.63) is 47.9 Å². The Morgan fingerprint density at radius 2 is 2.00 bits per heavy atom. The van der Waals surface area contributed by atoms with E-state index in [0.717, 1.165) is 5.56 Å². The molecule has 2 aromatic rings. The lowest BCUT2D eigenvalue weighted by molar-refractivity contribution is 0.0685. The second kappa shape index (κ2) is 5.81. The van der Waals surface area contributed by atoms with Crippen molar-refractivity contribution in [3.63, 3.8) is 0 Å². The SMILES string of the molecule is COc1ncccc1COc1cccnc1C(=O)O. The molecule has 0 saturated carbocycles. The van der Waals surface area contributed by atoms with Gasteiger partial charge in [-0.25, -0.2) is 14.8 Å². The zero-order chi connectivity index (χ0) is 13.7. The number of aromatic nitrogens is 2. The van der Waals surface area contributed by atoms with Gasteiger partial charge >= 0.3 is 5.97 Å². The third kappa shape index (κ3) is 2.98. The molecule has 0 radical (unpaired) electrons. The summed E-state index contributed by atoms with van der Waals surface area (Å²) in [5.74, 6) is -0.474. The number of carboxylic acid groups (broad SMARTS) is 1. The van der Waals surface area contributed by atoms with Crippen LogP contribution in [0.1, 0.15) is 16.1 Å². The molecule has 0 spiro atoms. The Bertz CT molecular complexity index is 586. The van der Waals surface area contributed by atoms with Gasteiger partial charge in [0.15, 0.2) is 11.4 Å². The molecule has 2 heterocycles. The molecule has 6 heteroatoms. The first-order valence-corrected chi connectivity index (χ1v) is 5.51. The quantitative estimate of drug-likeness (QED) is 0.882.